The summed E-state index contributed by atoms with van der Waals surface area (Å²) >= 11 is 0. The Kier molecular flexibility index (Phi) is 9.60. The topological polar surface area (TPSA) is 174 Å². The number of ether oxygens (including phenoxy) is 1. The van der Waals surface area contributed by atoms with Crippen LogP contribution >= 0.6 is 0 Å². The zero-order valence-corrected chi connectivity index (χ0v) is 27.8. The quantitative estimate of drug-likeness (QED) is 0.164. The highest BCUT2D eigenvalue weighted by atomic mass is 19.1. The molecule has 0 saturated heterocycles. The second-order valence-corrected chi connectivity index (χ2v) is 13.4. The monoisotopic (exact) mass is 669 g/mol. The molecule has 0 aliphatic carbocycles. The Balaban J connectivity index is 1.22. The van der Waals surface area contributed by atoms with E-state index in [9.17, 15) is 19.5 Å². The van der Waals surface area contributed by atoms with Gasteiger partial charge in [0.05, 0.1) is 17.4 Å². The molecule has 3 N–H and O–H groups in total. The smallest absolute Gasteiger partial charge is 0.412 e. The summed E-state index contributed by atoms with van der Waals surface area (Å²) in [5, 5.41) is 26.7. The molecule has 0 spiro atoms. The van der Waals surface area contributed by atoms with Crippen LogP contribution in [0.25, 0.3) is 28.5 Å². The summed E-state index contributed by atoms with van der Waals surface area (Å²) in [5.74, 6) is -2.66. The second kappa shape index (κ2) is 13.7. The standard InChI is InChI=1S/C35H36FN7O6/c1-34(2,3)22-10-14-24(15-11-22)43-19-28(40-42-43)30(44)38-27(32(45)46)18-20-7-16-25(26(36)17-20)29-39-31(49-41-29)21-8-12-23(13-9-21)37-33(47)48-35(4,5)6/h7-17,19,27H,18H2,1-6H3,(H,37,47)(H,38,44)(H,45,46)/t27-/m0/s1. The van der Waals surface area contributed by atoms with Crippen molar-refractivity contribution in [2.75, 3.05) is 5.32 Å². The van der Waals surface area contributed by atoms with Crippen LogP contribution in [0.4, 0.5) is 14.9 Å². The fraction of sp³-hybridized carbons (Fsp3) is 0.286. The maximum Gasteiger partial charge on any atom is 0.412 e. The van der Waals surface area contributed by atoms with Gasteiger partial charge in [-0.05, 0) is 85.8 Å². The number of hydrogen-bond acceptors (Lipinski definition) is 9. The molecule has 0 saturated carbocycles. The number of halogens is 1. The Morgan fingerprint density at radius 1 is 0.980 bits per heavy atom. The van der Waals surface area contributed by atoms with E-state index >= 15 is 4.39 Å². The van der Waals surface area contributed by atoms with Gasteiger partial charge in [0.15, 0.2) is 5.69 Å². The molecule has 1 atom stereocenters. The molecule has 0 radical (unpaired) electrons. The first-order valence-corrected chi connectivity index (χ1v) is 15.4. The number of nitrogens with zero attached hydrogens (tertiary/aromatic N) is 5. The number of rotatable bonds is 9. The normalized spacial score (nSPS) is 12.3. The van der Waals surface area contributed by atoms with E-state index in [1.54, 1.807) is 45.0 Å². The van der Waals surface area contributed by atoms with E-state index < -0.39 is 35.4 Å². The highest BCUT2D eigenvalue weighted by molar-refractivity contribution is 5.94. The number of carbonyl (C=O) groups excluding carboxylic acids is 2. The van der Waals surface area contributed by atoms with E-state index in [2.05, 4.69) is 51.9 Å². The lowest BCUT2D eigenvalue weighted by molar-refractivity contribution is -0.139. The number of nitrogens with one attached hydrogen (secondary N) is 2. The fourth-order valence-electron chi connectivity index (χ4n) is 4.71. The van der Waals surface area contributed by atoms with Crippen LogP contribution in [0.15, 0.2) is 77.4 Å². The predicted molar refractivity (Wildman–Crippen MR) is 178 cm³/mol. The van der Waals surface area contributed by atoms with Gasteiger partial charge >= 0.3 is 12.1 Å². The van der Waals surface area contributed by atoms with Crippen LogP contribution in [0.3, 0.4) is 0 Å². The zero-order chi connectivity index (χ0) is 35.5. The number of hydrogen-bond donors (Lipinski definition) is 3. The summed E-state index contributed by atoms with van der Waals surface area (Å²) in [6.07, 6.45) is 0.601. The van der Waals surface area contributed by atoms with Crippen LogP contribution in [-0.2, 0) is 21.4 Å². The molecule has 13 nitrogen and oxygen atoms in total. The number of aliphatic carboxylic acids is 1. The lowest BCUT2D eigenvalue weighted by Gasteiger charge is -2.19. The van der Waals surface area contributed by atoms with Crippen molar-refractivity contribution in [1.29, 1.82) is 0 Å². The molecule has 0 aliphatic rings. The van der Waals surface area contributed by atoms with E-state index in [-0.39, 0.29) is 34.8 Å². The van der Waals surface area contributed by atoms with Crippen LogP contribution in [-0.4, -0.2) is 59.9 Å². The summed E-state index contributed by atoms with van der Waals surface area (Å²) in [6.45, 7) is 11.6. The van der Waals surface area contributed by atoms with Crippen molar-refractivity contribution in [2.24, 2.45) is 0 Å². The zero-order valence-electron chi connectivity index (χ0n) is 27.8. The van der Waals surface area contributed by atoms with Crippen molar-refractivity contribution in [3.63, 3.8) is 0 Å². The maximum absolute atomic E-state index is 15.2. The van der Waals surface area contributed by atoms with Crippen molar-refractivity contribution in [3.8, 4) is 28.5 Å². The van der Waals surface area contributed by atoms with Crippen molar-refractivity contribution >= 4 is 23.7 Å². The number of aromatic nitrogens is 5. The number of carboxylic acids is 1. The third-order valence-electron chi connectivity index (χ3n) is 7.24. The lowest BCUT2D eigenvalue weighted by Crippen LogP contribution is -2.42. The van der Waals surface area contributed by atoms with E-state index in [1.807, 2.05) is 24.3 Å². The Morgan fingerprint density at radius 3 is 2.29 bits per heavy atom. The molecule has 3 aromatic carbocycles. The maximum atomic E-state index is 15.2. The van der Waals surface area contributed by atoms with Gasteiger partial charge in [-0.3, -0.25) is 10.1 Å². The minimum absolute atomic E-state index is 0.0192. The first kappa shape index (κ1) is 34.4. The van der Waals surface area contributed by atoms with Crippen LogP contribution in [0, 0.1) is 5.82 Å². The summed E-state index contributed by atoms with van der Waals surface area (Å²) in [7, 11) is 0. The summed E-state index contributed by atoms with van der Waals surface area (Å²) in [4.78, 5) is 41.2. The first-order chi connectivity index (χ1) is 23.1. The van der Waals surface area contributed by atoms with E-state index in [0.717, 1.165) is 11.6 Å². The number of carboxylic acid groups (broad SMARTS) is 1. The number of amides is 2. The molecule has 2 amide bonds. The van der Waals surface area contributed by atoms with E-state index in [1.165, 1.54) is 23.0 Å². The highest BCUT2D eigenvalue weighted by Gasteiger charge is 2.24. The van der Waals surface area contributed by atoms with Gasteiger partial charge in [0.25, 0.3) is 11.8 Å². The molecular weight excluding hydrogens is 633 g/mol. The molecule has 2 aromatic heterocycles. The van der Waals surface area contributed by atoms with Gasteiger partial charge in [0.2, 0.25) is 5.82 Å². The molecule has 14 heteroatoms. The molecule has 0 bridgehead atoms. The second-order valence-electron chi connectivity index (χ2n) is 13.4. The number of carbonyl (C=O) groups is 3. The molecule has 254 valence electrons. The Bertz CT molecular complexity index is 1970. The van der Waals surface area contributed by atoms with Gasteiger partial charge < -0.3 is 19.7 Å². The molecule has 0 fully saturated rings. The van der Waals surface area contributed by atoms with Gasteiger partial charge in [0.1, 0.15) is 17.5 Å². The Morgan fingerprint density at radius 2 is 1.67 bits per heavy atom. The summed E-state index contributed by atoms with van der Waals surface area (Å²) < 4.78 is 27.2. The molecule has 0 unspecified atom stereocenters. The lowest BCUT2D eigenvalue weighted by atomic mass is 9.87. The van der Waals surface area contributed by atoms with E-state index in [4.69, 9.17) is 9.26 Å². The van der Waals surface area contributed by atoms with Gasteiger partial charge in [-0.2, -0.15) is 4.98 Å². The van der Waals surface area contributed by atoms with Crippen molar-refractivity contribution in [3.05, 3.63) is 95.6 Å². The van der Waals surface area contributed by atoms with Gasteiger partial charge in [0, 0.05) is 17.7 Å². The van der Waals surface area contributed by atoms with Crippen molar-refractivity contribution in [1.82, 2.24) is 30.5 Å². The molecule has 5 aromatic rings. The van der Waals surface area contributed by atoms with Gasteiger partial charge in [-0.1, -0.05) is 49.3 Å². The van der Waals surface area contributed by atoms with Crippen LogP contribution in [0.5, 0.6) is 0 Å². The van der Waals surface area contributed by atoms with Crippen molar-refractivity contribution < 1.29 is 33.1 Å². The molecule has 0 aliphatic heterocycles. The Hall–Kier alpha value is -5.92. The van der Waals surface area contributed by atoms with Gasteiger partial charge in [-0.15, -0.1) is 5.10 Å². The third-order valence-corrected chi connectivity index (χ3v) is 7.24. The molecule has 2 heterocycles. The minimum Gasteiger partial charge on any atom is -0.480 e. The summed E-state index contributed by atoms with van der Waals surface area (Å²) in [5.41, 5.74) is 2.43. The SMILES string of the molecule is CC(C)(C)OC(=O)Nc1ccc(-c2nc(-c3ccc(C[C@H](NC(=O)c4cn(-c5ccc(C(C)(C)C)cc5)nn4)C(=O)O)cc3F)no2)cc1. The molecular formula is C35H36FN7O6. The van der Waals surface area contributed by atoms with Crippen LogP contribution in [0.2, 0.25) is 0 Å². The van der Waals surface area contributed by atoms with Crippen LogP contribution < -0.4 is 10.6 Å². The predicted octanol–water partition coefficient (Wildman–Crippen LogP) is 6.19. The average molecular weight is 670 g/mol. The van der Waals surface area contributed by atoms with Crippen molar-refractivity contribution in [2.45, 2.75) is 65.0 Å². The van der Waals surface area contributed by atoms with E-state index in [0.29, 0.717) is 22.5 Å². The third kappa shape index (κ3) is 8.71. The number of anilines is 1. The van der Waals surface area contributed by atoms with Gasteiger partial charge in [-0.25, -0.2) is 18.7 Å². The number of benzene rings is 3. The average Bonchev–Trinajstić information content (AvgIpc) is 3.71. The fourth-order valence-corrected chi connectivity index (χ4v) is 4.71. The molecule has 49 heavy (non-hydrogen) atoms. The highest BCUT2D eigenvalue weighted by Crippen LogP contribution is 2.27. The summed E-state index contributed by atoms with van der Waals surface area (Å²) in [6, 6.07) is 16.9. The van der Waals surface area contributed by atoms with Crippen LogP contribution in [0.1, 0.15) is 63.2 Å². The first-order valence-electron chi connectivity index (χ1n) is 15.4. The minimum atomic E-state index is -1.38. The molecule has 5 rings (SSSR count). The largest absolute Gasteiger partial charge is 0.480 e. The Labute approximate surface area is 281 Å².